The molecule has 11 unspecified atom stereocenters. The van der Waals surface area contributed by atoms with Crippen LogP contribution in [0.4, 0.5) is 0 Å². The third-order valence-corrected chi connectivity index (χ3v) is 28.4. The molecule has 14 aliphatic heterocycles. The number of carbonyl (C=O) groups excluding carboxylic acids is 29. The highest BCUT2D eigenvalue weighted by Crippen LogP contribution is 2.57. The maximum atomic E-state index is 12.5. The van der Waals surface area contributed by atoms with Crippen LogP contribution in [0.2, 0.25) is 0 Å². The number of ether oxygens (including phenoxy) is 14. The van der Waals surface area contributed by atoms with Gasteiger partial charge in [0.15, 0.2) is 5.78 Å². The van der Waals surface area contributed by atoms with E-state index in [1.807, 2.05) is 30.3 Å². The van der Waals surface area contributed by atoms with E-state index in [2.05, 4.69) is 56.8 Å². The molecule has 742 valence electrons. The van der Waals surface area contributed by atoms with Gasteiger partial charge in [0, 0.05) is 11.1 Å². The Morgan fingerprint density at radius 1 is 0.274 bits per heavy atom. The van der Waals surface area contributed by atoms with E-state index in [1.54, 1.807) is 67.6 Å². The molecule has 14 heterocycles. The lowest BCUT2D eigenvalue weighted by molar-refractivity contribution is -0.180. The standard InChI is InChI=1S/C17H6O7.C17H8O6.C17H14O6.C14H16O6.C14H10O6.C13H8O6.C11H10O6/c18-13(7-1-3-9-11(5-7)16(21)23-14(9)19)8-2-4-10-12(6-8)17(22)24-15(10)20;18-14-10-3-1-8(6-12(10)16(20)22-14)5-9-2-4-11-13(7-9)17(21)23-15(11)19;18-12-8-17(16(21)22-12)6-10(9-4-2-1-3-5-9)13-11(7-17)14(19)23-15(13)20;2*15-11-5-9(13(17)19-11)7-1-2-8(4-3-7)10-6-12(16)20-14(10)18;1-13(5-9(14)18-12(13)17)6-2-3-7-8(4-6)11(16)19-10(7)15;12-7-4-11(10(15)16-7)2-5-1-6(3-11)9(14)17-8(5)13/h1-6H;1-4,6-7H,5H2;1-5,10-11,13H,6-8H2;7-10H,1-6H2;1-4,9-10H,5-6H2;2-4H,5H2,1H3;5-6H,1-4H2. The lowest BCUT2D eigenvalue weighted by Crippen LogP contribution is -2.47. The lowest BCUT2D eigenvalue weighted by Gasteiger charge is -2.39. The molecule has 43 nitrogen and oxygen atoms in total. The summed E-state index contributed by atoms with van der Waals surface area (Å²) < 4.78 is 63.9. The highest BCUT2D eigenvalue weighted by molar-refractivity contribution is 6.21. The van der Waals surface area contributed by atoms with Crippen molar-refractivity contribution in [2.75, 3.05) is 0 Å². The average Bonchev–Trinajstić information content (AvgIpc) is 1.57. The normalized spacial score (nSPS) is 27.3. The zero-order valence-corrected chi connectivity index (χ0v) is 75.8. The van der Waals surface area contributed by atoms with Crippen molar-refractivity contribution in [1.29, 1.82) is 0 Å². The van der Waals surface area contributed by atoms with E-state index < -0.39 is 225 Å². The molecule has 2 bridgehead atoms. The summed E-state index contributed by atoms with van der Waals surface area (Å²) in [4.78, 5) is 334. The van der Waals surface area contributed by atoms with Gasteiger partial charge in [-0.05, 0) is 183 Å². The smallest absolute Gasteiger partial charge is 0.346 e. The Morgan fingerprint density at radius 2 is 0.616 bits per heavy atom. The minimum absolute atomic E-state index is 0.0154. The molecule has 3 saturated carbocycles. The van der Waals surface area contributed by atoms with Crippen LogP contribution in [0.15, 0.2) is 146 Å². The Morgan fingerprint density at radius 3 is 0.993 bits per heavy atom. The van der Waals surface area contributed by atoms with Crippen molar-refractivity contribution in [3.8, 4) is 0 Å². The number of esters is 28. The fraction of sp³-hybridized carbons (Fsp3) is 0.311. The van der Waals surface area contributed by atoms with E-state index >= 15 is 0 Å². The van der Waals surface area contributed by atoms with Gasteiger partial charge in [-0.3, -0.25) is 91.1 Å². The first-order valence-corrected chi connectivity index (χ1v) is 45.4. The number of ketones is 1. The Labute approximate surface area is 817 Å². The predicted molar refractivity (Wildman–Crippen MR) is 462 cm³/mol. The van der Waals surface area contributed by atoms with E-state index in [9.17, 15) is 139 Å². The SMILES string of the molecule is CC1(c2ccc3c(c2)C(=O)OC3=O)CC(=O)OC1=O.O=C(c1ccc2c(c1)C(=O)OC2=O)c1ccc2c(c1)C(=O)OC2=O.O=C1CC(C2CCC(C3CC(=O)OC3=O)CC2)C(=O)O1.O=C1CC(c2ccc(C3CC(=O)OC3=O)cc2)C(=O)O1.O=C1CC2(CC3C(=O)OC(=O)C3C(c3ccccc3)C2)C(=O)O1.O=C1CC2(CC3CC(C2)C(=O)OC3=O)C(=O)O1.O=C1OC(=O)c2cc(Cc3ccc4c(c3)C(=O)OC4=O)ccc21. The van der Waals surface area contributed by atoms with Gasteiger partial charge in [-0.15, -0.1) is 0 Å². The summed E-state index contributed by atoms with van der Waals surface area (Å²) in [6.07, 6.45) is 5.20. The first kappa shape index (κ1) is 98.4. The van der Waals surface area contributed by atoms with Gasteiger partial charge in [-0.25, -0.2) is 47.9 Å². The first-order valence-electron chi connectivity index (χ1n) is 45.4. The van der Waals surface area contributed by atoms with Crippen molar-refractivity contribution in [3.05, 3.63) is 246 Å². The van der Waals surface area contributed by atoms with E-state index in [-0.39, 0.29) is 161 Å². The van der Waals surface area contributed by atoms with Crippen LogP contribution in [-0.2, 0) is 164 Å². The monoisotopic (exact) mass is 2000 g/mol. The van der Waals surface area contributed by atoms with Crippen LogP contribution in [0.25, 0.3) is 0 Å². The second-order valence-corrected chi connectivity index (χ2v) is 37.4. The molecule has 24 rings (SSSR count). The maximum absolute atomic E-state index is 12.5. The van der Waals surface area contributed by atoms with Gasteiger partial charge in [0.05, 0.1) is 159 Å². The summed E-state index contributed by atoms with van der Waals surface area (Å²) >= 11 is 0. The molecule has 7 aromatic rings. The van der Waals surface area contributed by atoms with Crippen LogP contribution < -0.4 is 0 Å². The molecule has 2 spiro atoms. The van der Waals surface area contributed by atoms with Crippen molar-refractivity contribution in [2.24, 2.45) is 58.2 Å². The van der Waals surface area contributed by atoms with Gasteiger partial charge in [0.25, 0.3) is 0 Å². The molecule has 43 heteroatoms. The third-order valence-electron chi connectivity index (χ3n) is 28.4. The van der Waals surface area contributed by atoms with Gasteiger partial charge in [0.2, 0.25) is 0 Å². The molecule has 0 radical (unpaired) electrons. The number of hydrogen-bond donors (Lipinski definition) is 0. The molecule has 0 amide bonds. The van der Waals surface area contributed by atoms with Gasteiger partial charge < -0.3 is 66.3 Å². The number of cyclic esters (lactones) is 28. The second-order valence-electron chi connectivity index (χ2n) is 37.4. The maximum Gasteiger partial charge on any atom is 0.346 e. The van der Waals surface area contributed by atoms with Crippen molar-refractivity contribution < 1.29 is 205 Å². The Bertz CT molecular complexity index is 6900. The molecule has 7 aromatic carbocycles. The van der Waals surface area contributed by atoms with Crippen LogP contribution in [0, 0.1) is 58.2 Å². The van der Waals surface area contributed by atoms with Crippen LogP contribution in [-0.4, -0.2) is 173 Å². The largest absolute Gasteiger partial charge is 0.393 e. The van der Waals surface area contributed by atoms with Gasteiger partial charge in [-0.1, -0.05) is 84.9 Å². The summed E-state index contributed by atoms with van der Waals surface area (Å²) in [7, 11) is 0. The molecule has 146 heavy (non-hydrogen) atoms. The number of rotatable bonds is 10. The van der Waals surface area contributed by atoms with E-state index in [0.717, 1.165) is 42.4 Å². The van der Waals surface area contributed by atoms with E-state index in [1.165, 1.54) is 54.6 Å². The number of hydrogen-bond acceptors (Lipinski definition) is 43. The van der Waals surface area contributed by atoms with Crippen molar-refractivity contribution >= 4 is 173 Å². The quantitative estimate of drug-likeness (QED) is 0.0564. The molecule has 9 saturated heterocycles. The fourth-order valence-electron chi connectivity index (χ4n) is 20.9. The van der Waals surface area contributed by atoms with Gasteiger partial charge in [0.1, 0.15) is 5.41 Å². The number of fused-ring (bicyclic) bond motifs is 8. The number of benzene rings is 7. The zero-order chi connectivity index (χ0) is 104. The highest BCUT2D eigenvalue weighted by atomic mass is 16.6. The van der Waals surface area contributed by atoms with Crippen molar-refractivity contribution in [2.45, 2.75) is 139 Å². The molecule has 12 fully saturated rings. The van der Waals surface area contributed by atoms with E-state index in [0.29, 0.717) is 36.0 Å². The minimum Gasteiger partial charge on any atom is -0.393 e. The third kappa shape index (κ3) is 19.0. The fourth-order valence-corrected chi connectivity index (χ4v) is 20.9. The Balaban J connectivity index is 0.000000112. The highest BCUT2D eigenvalue weighted by Gasteiger charge is 2.64. The molecule has 0 N–H and O–H groups in total. The molecule has 0 aromatic heterocycles. The summed E-state index contributed by atoms with van der Waals surface area (Å²) in [5, 5.41) is 0. The van der Waals surface area contributed by atoms with Crippen LogP contribution in [0.3, 0.4) is 0 Å². The average molecular weight is 2000 g/mol. The Hall–Kier alpha value is -17.8. The second kappa shape index (κ2) is 38.5. The van der Waals surface area contributed by atoms with E-state index in [4.69, 9.17) is 9.47 Å². The van der Waals surface area contributed by atoms with Crippen LogP contribution in [0.1, 0.15) is 280 Å². The lowest BCUT2D eigenvalue weighted by atomic mass is 9.59. The predicted octanol–water partition coefficient (Wildman–Crippen LogP) is 7.22. The zero-order valence-electron chi connectivity index (χ0n) is 75.8. The molecular weight excluding hydrogens is 1930 g/mol. The minimum atomic E-state index is -1.13. The van der Waals surface area contributed by atoms with Crippen LogP contribution in [0.5, 0.6) is 0 Å². The van der Waals surface area contributed by atoms with Crippen molar-refractivity contribution in [3.63, 3.8) is 0 Å². The molecule has 3 aliphatic carbocycles. The summed E-state index contributed by atoms with van der Waals surface area (Å²) in [5.41, 5.74) is 2.85. The van der Waals surface area contributed by atoms with Crippen molar-refractivity contribution in [1.82, 2.24) is 0 Å². The van der Waals surface area contributed by atoms with Crippen LogP contribution >= 0.6 is 0 Å². The summed E-state index contributed by atoms with van der Waals surface area (Å²) in [5.74, 6) is -21.5. The van der Waals surface area contributed by atoms with Gasteiger partial charge >= 0.3 is 167 Å². The van der Waals surface area contributed by atoms with Gasteiger partial charge in [-0.2, -0.15) is 0 Å². The number of carbonyl (C=O) groups is 29. The summed E-state index contributed by atoms with van der Waals surface area (Å²) in [6.45, 7) is 1.56. The summed E-state index contributed by atoms with van der Waals surface area (Å²) in [6, 6.07) is 37.9. The Kier molecular flexibility index (Phi) is 26.0. The first-order chi connectivity index (χ1) is 69.5. The topological polar surface area (TPSA) is 624 Å². The molecule has 11 atom stereocenters. The molecular formula is C103H72O43. The molecule has 17 aliphatic rings.